The SMILES string of the molecule is CS(=O)(=O)N(C(=O)c1ccccc1F)C1CC1. The number of carbonyl (C=O) groups is 1. The first-order chi connectivity index (χ1) is 7.91. The zero-order valence-electron chi connectivity index (χ0n) is 9.26. The van der Waals surface area contributed by atoms with E-state index in [2.05, 4.69) is 0 Å². The van der Waals surface area contributed by atoms with Crippen LogP contribution in [0.15, 0.2) is 24.3 Å². The zero-order valence-corrected chi connectivity index (χ0v) is 10.1. The molecule has 6 heteroatoms. The molecule has 0 unspecified atom stereocenters. The monoisotopic (exact) mass is 257 g/mol. The van der Waals surface area contributed by atoms with Crippen LogP contribution in [0, 0.1) is 5.82 Å². The van der Waals surface area contributed by atoms with Crippen molar-refractivity contribution in [2.24, 2.45) is 0 Å². The number of rotatable bonds is 3. The zero-order chi connectivity index (χ0) is 12.6. The van der Waals surface area contributed by atoms with Crippen LogP contribution in [0.5, 0.6) is 0 Å². The van der Waals surface area contributed by atoms with E-state index in [4.69, 9.17) is 0 Å². The lowest BCUT2D eigenvalue weighted by atomic mass is 10.2. The summed E-state index contributed by atoms with van der Waals surface area (Å²) < 4.78 is 37.3. The molecule has 0 aromatic heterocycles. The van der Waals surface area contributed by atoms with Gasteiger partial charge in [-0.2, -0.15) is 0 Å². The topological polar surface area (TPSA) is 54.5 Å². The molecule has 0 aliphatic heterocycles. The Morgan fingerprint density at radius 1 is 1.35 bits per heavy atom. The third-order valence-electron chi connectivity index (χ3n) is 2.54. The highest BCUT2D eigenvalue weighted by Crippen LogP contribution is 2.30. The average molecular weight is 257 g/mol. The Bertz CT molecular complexity index is 552. The summed E-state index contributed by atoms with van der Waals surface area (Å²) >= 11 is 0. The summed E-state index contributed by atoms with van der Waals surface area (Å²) in [5, 5.41) is 0. The fourth-order valence-corrected chi connectivity index (χ4v) is 2.80. The Balaban J connectivity index is 2.39. The van der Waals surface area contributed by atoms with Gasteiger partial charge in [-0.1, -0.05) is 12.1 Å². The number of halogens is 1. The number of benzene rings is 1. The molecular formula is C11H12FNO3S. The van der Waals surface area contributed by atoms with E-state index in [1.807, 2.05) is 0 Å². The van der Waals surface area contributed by atoms with Gasteiger partial charge in [-0.15, -0.1) is 0 Å². The molecule has 0 heterocycles. The molecule has 0 atom stereocenters. The highest BCUT2D eigenvalue weighted by molar-refractivity contribution is 7.88. The van der Waals surface area contributed by atoms with Gasteiger partial charge >= 0.3 is 0 Å². The summed E-state index contributed by atoms with van der Waals surface area (Å²) in [6.45, 7) is 0. The molecular weight excluding hydrogens is 245 g/mol. The molecule has 0 radical (unpaired) electrons. The maximum absolute atomic E-state index is 13.4. The molecule has 0 bridgehead atoms. The lowest BCUT2D eigenvalue weighted by molar-refractivity contribution is 0.0851. The first-order valence-corrected chi connectivity index (χ1v) is 7.04. The highest BCUT2D eigenvalue weighted by Gasteiger charge is 2.39. The second kappa shape index (κ2) is 4.10. The van der Waals surface area contributed by atoms with Crippen LogP contribution < -0.4 is 0 Å². The van der Waals surface area contributed by atoms with Crippen LogP contribution in [0.4, 0.5) is 4.39 Å². The van der Waals surface area contributed by atoms with Crippen LogP contribution >= 0.6 is 0 Å². The van der Waals surface area contributed by atoms with Gasteiger partial charge in [-0.3, -0.25) is 4.79 Å². The second-order valence-corrected chi connectivity index (χ2v) is 5.93. The van der Waals surface area contributed by atoms with Crippen molar-refractivity contribution in [3.63, 3.8) is 0 Å². The summed E-state index contributed by atoms with van der Waals surface area (Å²) in [4.78, 5) is 12.0. The van der Waals surface area contributed by atoms with Crippen molar-refractivity contribution < 1.29 is 17.6 Å². The molecule has 1 aliphatic carbocycles. The minimum Gasteiger partial charge on any atom is -0.268 e. The fourth-order valence-electron chi connectivity index (χ4n) is 1.65. The third kappa shape index (κ3) is 2.46. The number of sulfonamides is 1. The van der Waals surface area contributed by atoms with Crippen molar-refractivity contribution in [3.8, 4) is 0 Å². The van der Waals surface area contributed by atoms with Gasteiger partial charge in [0.05, 0.1) is 11.8 Å². The Labute approximate surface area is 99.1 Å². The van der Waals surface area contributed by atoms with Crippen molar-refractivity contribution in [2.45, 2.75) is 18.9 Å². The lowest BCUT2D eigenvalue weighted by Gasteiger charge is -2.19. The van der Waals surface area contributed by atoms with Crippen molar-refractivity contribution >= 4 is 15.9 Å². The molecule has 1 aromatic rings. The molecule has 0 N–H and O–H groups in total. The second-order valence-electron chi connectivity index (χ2n) is 4.07. The number of hydrogen-bond acceptors (Lipinski definition) is 3. The summed E-state index contributed by atoms with van der Waals surface area (Å²) in [6.07, 6.45) is 2.25. The average Bonchev–Trinajstić information content (AvgIpc) is 3.00. The molecule has 0 spiro atoms. The first kappa shape index (κ1) is 12.0. The molecule has 1 saturated carbocycles. The largest absolute Gasteiger partial charge is 0.270 e. The quantitative estimate of drug-likeness (QED) is 0.822. The Hall–Kier alpha value is -1.43. The van der Waals surface area contributed by atoms with Gasteiger partial charge < -0.3 is 0 Å². The Morgan fingerprint density at radius 2 is 1.94 bits per heavy atom. The van der Waals surface area contributed by atoms with E-state index in [9.17, 15) is 17.6 Å². The van der Waals surface area contributed by atoms with E-state index >= 15 is 0 Å². The number of carbonyl (C=O) groups excluding carboxylic acids is 1. The number of hydrogen-bond donors (Lipinski definition) is 0. The molecule has 17 heavy (non-hydrogen) atoms. The van der Waals surface area contributed by atoms with E-state index in [0.717, 1.165) is 16.6 Å². The molecule has 4 nitrogen and oxygen atoms in total. The van der Waals surface area contributed by atoms with Crippen LogP contribution in [0.1, 0.15) is 23.2 Å². The molecule has 92 valence electrons. The number of amides is 1. The first-order valence-electron chi connectivity index (χ1n) is 5.19. The van der Waals surface area contributed by atoms with Crippen molar-refractivity contribution in [1.82, 2.24) is 4.31 Å². The molecule has 0 saturated heterocycles. The predicted molar refractivity (Wildman–Crippen MR) is 60.4 cm³/mol. The van der Waals surface area contributed by atoms with Crippen molar-refractivity contribution in [2.75, 3.05) is 6.26 Å². The van der Waals surface area contributed by atoms with Crippen molar-refractivity contribution in [3.05, 3.63) is 35.6 Å². The molecule has 1 aromatic carbocycles. The molecule has 1 fully saturated rings. The molecule has 1 amide bonds. The standard InChI is InChI=1S/C11H12FNO3S/c1-17(15,16)13(8-6-7-8)11(14)9-4-2-3-5-10(9)12/h2-5,8H,6-7H2,1H3. The third-order valence-corrected chi connectivity index (χ3v) is 3.72. The number of nitrogens with zero attached hydrogens (tertiary/aromatic N) is 1. The van der Waals surface area contributed by atoms with E-state index in [0.29, 0.717) is 12.8 Å². The maximum atomic E-state index is 13.4. The predicted octanol–water partition coefficient (Wildman–Crippen LogP) is 1.39. The van der Waals surface area contributed by atoms with Gasteiger partial charge in [0.25, 0.3) is 5.91 Å². The van der Waals surface area contributed by atoms with Crippen LogP contribution in [0.3, 0.4) is 0 Å². The van der Waals surface area contributed by atoms with Gasteiger partial charge in [-0.25, -0.2) is 17.1 Å². The van der Waals surface area contributed by atoms with Crippen LogP contribution in [-0.2, 0) is 10.0 Å². The van der Waals surface area contributed by atoms with Crippen LogP contribution in [0.2, 0.25) is 0 Å². The molecule has 2 rings (SSSR count). The smallest absolute Gasteiger partial charge is 0.268 e. The normalized spacial score (nSPS) is 15.6. The van der Waals surface area contributed by atoms with E-state index in [1.165, 1.54) is 18.2 Å². The minimum absolute atomic E-state index is 0.204. The van der Waals surface area contributed by atoms with E-state index in [-0.39, 0.29) is 11.6 Å². The maximum Gasteiger partial charge on any atom is 0.270 e. The summed E-state index contributed by atoms with van der Waals surface area (Å²) in [5.41, 5.74) is -0.204. The van der Waals surface area contributed by atoms with Gasteiger partial charge in [0.1, 0.15) is 5.82 Å². The Kier molecular flexibility index (Phi) is 2.91. The molecule has 1 aliphatic rings. The van der Waals surface area contributed by atoms with Gasteiger partial charge in [0.2, 0.25) is 10.0 Å². The fraction of sp³-hybridized carbons (Fsp3) is 0.364. The van der Waals surface area contributed by atoms with Crippen LogP contribution in [0.25, 0.3) is 0 Å². The van der Waals surface area contributed by atoms with Crippen LogP contribution in [-0.4, -0.2) is 30.9 Å². The van der Waals surface area contributed by atoms with Gasteiger partial charge in [-0.05, 0) is 25.0 Å². The van der Waals surface area contributed by atoms with Gasteiger partial charge in [0.15, 0.2) is 0 Å². The van der Waals surface area contributed by atoms with E-state index in [1.54, 1.807) is 0 Å². The van der Waals surface area contributed by atoms with E-state index < -0.39 is 21.7 Å². The lowest BCUT2D eigenvalue weighted by Crippen LogP contribution is -2.38. The summed E-state index contributed by atoms with van der Waals surface area (Å²) in [6, 6.07) is 5.08. The summed E-state index contributed by atoms with van der Waals surface area (Å²) in [7, 11) is -3.65. The summed E-state index contributed by atoms with van der Waals surface area (Å²) in [5.74, 6) is -1.49. The van der Waals surface area contributed by atoms with Gasteiger partial charge in [0, 0.05) is 6.04 Å². The van der Waals surface area contributed by atoms with Crippen molar-refractivity contribution in [1.29, 1.82) is 0 Å². The minimum atomic E-state index is -3.65. The highest BCUT2D eigenvalue weighted by atomic mass is 32.2. The Morgan fingerprint density at radius 3 is 2.41 bits per heavy atom.